The average molecular weight is 381 g/mol. The van der Waals surface area contributed by atoms with Crippen LogP contribution in [-0.4, -0.2) is 15.8 Å². The van der Waals surface area contributed by atoms with Crippen LogP contribution in [0.3, 0.4) is 0 Å². The molecule has 0 bridgehead atoms. The number of aliphatic hydroxyl groups is 1. The predicted octanol–water partition coefficient (Wildman–Crippen LogP) is 5.36. The molecule has 2 fully saturated rings. The summed E-state index contributed by atoms with van der Waals surface area (Å²) >= 11 is 0. The highest BCUT2D eigenvalue weighted by Crippen LogP contribution is 2.64. The number of halogens is 1. The highest BCUT2D eigenvalue weighted by Gasteiger charge is 2.61. The molecule has 2 aromatic carbocycles. The maximum atomic E-state index is 13.7. The summed E-state index contributed by atoms with van der Waals surface area (Å²) in [5.74, 6) is 1.78. The van der Waals surface area contributed by atoms with E-state index in [0.717, 1.165) is 44.1 Å². The summed E-state index contributed by atoms with van der Waals surface area (Å²) in [5.41, 5.74) is 2.74. The van der Waals surface area contributed by atoms with E-state index in [0.29, 0.717) is 29.9 Å². The third kappa shape index (κ3) is 2.62. The molecule has 0 radical (unpaired) electrons. The Morgan fingerprint density at radius 1 is 1.07 bits per heavy atom. The zero-order chi connectivity index (χ0) is 19.5. The molecule has 5 rings (SSSR count). The van der Waals surface area contributed by atoms with Crippen molar-refractivity contribution in [1.82, 2.24) is 0 Å². The first-order valence-electron chi connectivity index (χ1n) is 10.7. The quantitative estimate of drug-likeness (QED) is 0.736. The van der Waals surface area contributed by atoms with Gasteiger partial charge in [-0.3, -0.25) is 0 Å². The van der Waals surface area contributed by atoms with E-state index < -0.39 is 5.60 Å². The van der Waals surface area contributed by atoms with Gasteiger partial charge in [-0.2, -0.15) is 0 Å². The molecule has 5 atom stereocenters. The Hall–Kier alpha value is -1.87. The lowest BCUT2D eigenvalue weighted by Crippen LogP contribution is -2.51. The molecule has 0 heterocycles. The van der Waals surface area contributed by atoms with Crippen molar-refractivity contribution in [3.05, 3.63) is 65.0 Å². The van der Waals surface area contributed by atoms with Crippen LogP contribution in [0.15, 0.2) is 42.5 Å². The Labute approximate surface area is 166 Å². The van der Waals surface area contributed by atoms with E-state index in [9.17, 15) is 14.6 Å². The van der Waals surface area contributed by atoms with Crippen molar-refractivity contribution in [3.8, 4) is 5.75 Å². The smallest absolute Gasteiger partial charge is 0.123 e. The largest absolute Gasteiger partial charge is 0.508 e. The Morgan fingerprint density at radius 2 is 1.93 bits per heavy atom. The van der Waals surface area contributed by atoms with E-state index in [1.165, 1.54) is 17.2 Å². The molecule has 3 aliphatic rings. The van der Waals surface area contributed by atoms with Gasteiger partial charge in [0.15, 0.2) is 0 Å². The number of phenolic OH excluding ortho intramolecular Hbond substituents is 1. The molecule has 2 saturated carbocycles. The number of aryl methyl sites for hydroxylation is 1. The SMILES string of the molecule is C[C@]12CC[C@@H]3c4ccc(O)cc4CC[C@H]3[C@@H]1CC[C@@]2(O)Cc1cccc(F)c1. The topological polar surface area (TPSA) is 40.5 Å². The maximum absolute atomic E-state index is 13.7. The molecule has 2 N–H and O–H groups in total. The van der Waals surface area contributed by atoms with Crippen molar-refractivity contribution in [1.29, 1.82) is 0 Å². The molecule has 0 unspecified atom stereocenters. The average Bonchev–Trinajstić information content (AvgIpc) is 2.92. The Morgan fingerprint density at radius 3 is 2.75 bits per heavy atom. The Kier molecular flexibility index (Phi) is 4.10. The van der Waals surface area contributed by atoms with Gasteiger partial charge in [0.2, 0.25) is 0 Å². The van der Waals surface area contributed by atoms with Crippen LogP contribution < -0.4 is 0 Å². The van der Waals surface area contributed by atoms with Crippen LogP contribution >= 0.6 is 0 Å². The van der Waals surface area contributed by atoms with E-state index in [1.807, 2.05) is 18.2 Å². The first kappa shape index (κ1) is 18.2. The van der Waals surface area contributed by atoms with E-state index >= 15 is 0 Å². The summed E-state index contributed by atoms with van der Waals surface area (Å²) in [5, 5.41) is 21.6. The summed E-state index contributed by atoms with van der Waals surface area (Å²) in [4.78, 5) is 0. The van der Waals surface area contributed by atoms with Crippen LogP contribution in [-0.2, 0) is 12.8 Å². The van der Waals surface area contributed by atoms with Gasteiger partial charge in [-0.25, -0.2) is 4.39 Å². The van der Waals surface area contributed by atoms with Crippen LogP contribution in [0.1, 0.15) is 61.6 Å². The van der Waals surface area contributed by atoms with E-state index in [2.05, 4.69) is 13.0 Å². The molecule has 148 valence electrons. The lowest BCUT2D eigenvalue weighted by atomic mass is 9.53. The van der Waals surface area contributed by atoms with Crippen LogP contribution in [0.5, 0.6) is 5.75 Å². The fourth-order valence-corrected chi connectivity index (χ4v) is 6.95. The van der Waals surface area contributed by atoms with Crippen molar-refractivity contribution >= 4 is 0 Å². The fourth-order valence-electron chi connectivity index (χ4n) is 6.95. The zero-order valence-electron chi connectivity index (χ0n) is 16.5. The standard InChI is InChI=1S/C25H29FO2/c1-24-11-9-21-20-8-6-19(27)14-17(20)5-7-22(21)23(24)10-12-25(24,28)15-16-3-2-4-18(26)13-16/h2-4,6,8,13-14,21-23,27-28H,5,7,9-12,15H2,1H3/t21-,22-,23+,24+,25-/m1/s1. The number of hydrogen-bond acceptors (Lipinski definition) is 2. The molecular formula is C25H29FO2. The molecule has 3 heteroatoms. The van der Waals surface area contributed by atoms with E-state index in [1.54, 1.807) is 12.1 Å². The molecule has 2 aromatic rings. The number of hydrogen-bond donors (Lipinski definition) is 2. The van der Waals surface area contributed by atoms with Gasteiger partial charge >= 0.3 is 0 Å². The van der Waals surface area contributed by atoms with Gasteiger partial charge in [0.25, 0.3) is 0 Å². The Bertz CT molecular complexity index is 909. The first-order valence-corrected chi connectivity index (χ1v) is 10.7. The van der Waals surface area contributed by atoms with E-state index in [-0.39, 0.29) is 11.2 Å². The summed E-state index contributed by atoms with van der Waals surface area (Å²) in [6, 6.07) is 12.6. The monoisotopic (exact) mass is 380 g/mol. The van der Waals surface area contributed by atoms with Crippen LogP contribution in [0.4, 0.5) is 4.39 Å². The molecule has 0 saturated heterocycles. The molecule has 0 spiro atoms. The third-order valence-electron chi connectivity index (χ3n) is 8.42. The van der Waals surface area contributed by atoms with Crippen LogP contribution in [0, 0.1) is 23.1 Å². The minimum absolute atomic E-state index is 0.116. The first-order chi connectivity index (χ1) is 13.4. The zero-order valence-corrected chi connectivity index (χ0v) is 16.5. The molecule has 28 heavy (non-hydrogen) atoms. The minimum Gasteiger partial charge on any atom is -0.508 e. The second-order valence-corrected chi connectivity index (χ2v) is 9.63. The highest BCUT2D eigenvalue weighted by molar-refractivity contribution is 5.40. The summed E-state index contributed by atoms with van der Waals surface area (Å²) in [6.07, 6.45) is 6.63. The number of benzene rings is 2. The van der Waals surface area contributed by atoms with Crippen molar-refractivity contribution < 1.29 is 14.6 Å². The van der Waals surface area contributed by atoms with Gasteiger partial charge in [0.05, 0.1) is 5.60 Å². The summed E-state index contributed by atoms with van der Waals surface area (Å²) in [7, 11) is 0. The second kappa shape index (κ2) is 6.32. The van der Waals surface area contributed by atoms with Crippen molar-refractivity contribution in [3.63, 3.8) is 0 Å². The molecule has 0 aromatic heterocycles. The number of fused-ring (bicyclic) bond motifs is 5. The van der Waals surface area contributed by atoms with Crippen molar-refractivity contribution in [2.45, 2.75) is 63.4 Å². The van der Waals surface area contributed by atoms with Crippen molar-refractivity contribution in [2.24, 2.45) is 17.3 Å². The number of phenols is 1. The van der Waals surface area contributed by atoms with E-state index in [4.69, 9.17) is 0 Å². The molecular weight excluding hydrogens is 351 g/mol. The molecule has 0 amide bonds. The molecule has 3 aliphatic carbocycles. The minimum atomic E-state index is -0.758. The summed E-state index contributed by atoms with van der Waals surface area (Å²) in [6.45, 7) is 2.28. The summed E-state index contributed by atoms with van der Waals surface area (Å²) < 4.78 is 13.7. The van der Waals surface area contributed by atoms with Crippen LogP contribution in [0.25, 0.3) is 0 Å². The highest BCUT2D eigenvalue weighted by atomic mass is 19.1. The number of rotatable bonds is 2. The lowest BCUT2D eigenvalue weighted by molar-refractivity contribution is -0.102. The lowest BCUT2D eigenvalue weighted by Gasteiger charge is -2.53. The van der Waals surface area contributed by atoms with Gasteiger partial charge < -0.3 is 10.2 Å². The van der Waals surface area contributed by atoms with Gasteiger partial charge in [0.1, 0.15) is 11.6 Å². The maximum Gasteiger partial charge on any atom is 0.123 e. The molecule has 0 aliphatic heterocycles. The fraction of sp³-hybridized carbons (Fsp3) is 0.520. The Balaban J connectivity index is 1.45. The van der Waals surface area contributed by atoms with Gasteiger partial charge in [-0.05, 0) is 103 Å². The third-order valence-corrected chi connectivity index (χ3v) is 8.42. The second-order valence-electron chi connectivity index (χ2n) is 9.63. The number of aromatic hydroxyl groups is 1. The predicted molar refractivity (Wildman–Crippen MR) is 108 cm³/mol. The van der Waals surface area contributed by atoms with Gasteiger partial charge in [-0.15, -0.1) is 0 Å². The molecule has 2 nitrogen and oxygen atoms in total. The van der Waals surface area contributed by atoms with Crippen LogP contribution in [0.2, 0.25) is 0 Å². The normalized spacial score (nSPS) is 36.5. The van der Waals surface area contributed by atoms with Crippen molar-refractivity contribution in [2.75, 3.05) is 0 Å². The van der Waals surface area contributed by atoms with Gasteiger partial charge in [0, 0.05) is 6.42 Å². The van der Waals surface area contributed by atoms with Gasteiger partial charge in [-0.1, -0.05) is 25.1 Å².